The summed E-state index contributed by atoms with van der Waals surface area (Å²) in [4.78, 5) is 11.2. The molecular formula is C12H14BrN3S. The van der Waals surface area contributed by atoms with Gasteiger partial charge in [-0.25, -0.2) is 9.97 Å². The van der Waals surface area contributed by atoms with Gasteiger partial charge in [0, 0.05) is 15.8 Å². The quantitative estimate of drug-likeness (QED) is 0.873. The van der Waals surface area contributed by atoms with Crippen LogP contribution >= 0.6 is 27.3 Å². The maximum atomic E-state index is 4.33. The predicted octanol–water partition coefficient (Wildman–Crippen LogP) is 3.78. The second kappa shape index (κ2) is 5.60. The minimum absolute atomic E-state index is 0.766. The van der Waals surface area contributed by atoms with Crippen LogP contribution < -0.4 is 5.32 Å². The Bertz CT molecular complexity index is 490. The Morgan fingerprint density at radius 1 is 1.29 bits per heavy atom. The van der Waals surface area contributed by atoms with E-state index >= 15 is 0 Å². The number of hydrogen-bond donors (Lipinski definition) is 1. The summed E-state index contributed by atoms with van der Waals surface area (Å²) in [6.07, 6.45) is 1.10. The van der Waals surface area contributed by atoms with E-state index in [2.05, 4.69) is 50.3 Å². The third-order valence-corrected chi connectivity index (χ3v) is 3.95. The normalized spacial score (nSPS) is 10.5. The fraction of sp³-hybridized carbons (Fsp3) is 0.333. The number of thiophene rings is 1. The van der Waals surface area contributed by atoms with E-state index in [0.717, 1.165) is 29.2 Å². The van der Waals surface area contributed by atoms with E-state index in [1.165, 1.54) is 9.75 Å². The van der Waals surface area contributed by atoms with Gasteiger partial charge in [-0.15, -0.1) is 11.3 Å². The summed E-state index contributed by atoms with van der Waals surface area (Å²) >= 11 is 5.21. The maximum absolute atomic E-state index is 4.33. The molecule has 0 amide bonds. The smallest absolute Gasteiger partial charge is 0.131 e. The molecule has 0 bridgehead atoms. The number of nitrogens with one attached hydrogen (secondary N) is 1. The first-order valence-electron chi connectivity index (χ1n) is 5.50. The van der Waals surface area contributed by atoms with E-state index in [1.54, 1.807) is 0 Å². The minimum Gasteiger partial charge on any atom is -0.365 e. The van der Waals surface area contributed by atoms with E-state index in [4.69, 9.17) is 0 Å². The van der Waals surface area contributed by atoms with Gasteiger partial charge in [0.1, 0.15) is 16.2 Å². The van der Waals surface area contributed by atoms with E-state index in [9.17, 15) is 0 Å². The van der Waals surface area contributed by atoms with Crippen molar-refractivity contribution in [3.8, 4) is 0 Å². The SMILES string of the molecule is CCc1ccc(CNc2cc(Br)nc(C)n2)s1. The molecule has 0 atom stereocenters. The van der Waals surface area contributed by atoms with Crippen molar-refractivity contribution in [1.82, 2.24) is 9.97 Å². The fourth-order valence-corrected chi connectivity index (χ4v) is 2.88. The van der Waals surface area contributed by atoms with Crippen LogP contribution in [0.15, 0.2) is 22.8 Å². The summed E-state index contributed by atoms with van der Waals surface area (Å²) in [5, 5.41) is 3.31. The molecule has 0 saturated heterocycles. The Kier molecular flexibility index (Phi) is 4.12. The van der Waals surface area contributed by atoms with Crippen LogP contribution in [0.2, 0.25) is 0 Å². The van der Waals surface area contributed by atoms with Crippen LogP contribution in [0, 0.1) is 6.92 Å². The highest BCUT2D eigenvalue weighted by Gasteiger charge is 2.01. The average Bonchev–Trinajstić information content (AvgIpc) is 2.73. The number of hydrogen-bond acceptors (Lipinski definition) is 4. The van der Waals surface area contributed by atoms with Crippen molar-refractivity contribution < 1.29 is 0 Å². The summed E-state index contributed by atoms with van der Waals surface area (Å²) in [6, 6.07) is 6.24. The third kappa shape index (κ3) is 3.51. The van der Waals surface area contributed by atoms with E-state index < -0.39 is 0 Å². The van der Waals surface area contributed by atoms with E-state index in [-0.39, 0.29) is 0 Å². The monoisotopic (exact) mass is 311 g/mol. The molecule has 1 N–H and O–H groups in total. The van der Waals surface area contributed by atoms with Crippen LogP contribution in [0.3, 0.4) is 0 Å². The first-order valence-corrected chi connectivity index (χ1v) is 7.11. The molecule has 0 spiro atoms. The van der Waals surface area contributed by atoms with Crippen LogP contribution in [0.5, 0.6) is 0 Å². The van der Waals surface area contributed by atoms with Crippen molar-refractivity contribution in [3.05, 3.63) is 38.4 Å². The molecule has 0 aliphatic heterocycles. The highest BCUT2D eigenvalue weighted by molar-refractivity contribution is 9.10. The van der Waals surface area contributed by atoms with Gasteiger partial charge >= 0.3 is 0 Å². The van der Waals surface area contributed by atoms with Gasteiger partial charge in [0.05, 0.1) is 6.54 Å². The molecule has 0 radical (unpaired) electrons. The molecule has 0 aliphatic carbocycles. The second-order valence-electron chi connectivity index (χ2n) is 3.70. The molecular weight excluding hydrogens is 298 g/mol. The Balaban J connectivity index is 2.01. The van der Waals surface area contributed by atoms with Gasteiger partial charge in [-0.1, -0.05) is 6.92 Å². The average molecular weight is 312 g/mol. The van der Waals surface area contributed by atoms with E-state index in [0.29, 0.717) is 0 Å². The first-order chi connectivity index (χ1) is 8.17. The van der Waals surface area contributed by atoms with Crippen LogP contribution in [-0.4, -0.2) is 9.97 Å². The van der Waals surface area contributed by atoms with Crippen molar-refractivity contribution in [2.75, 3.05) is 5.32 Å². The van der Waals surface area contributed by atoms with Crippen LogP contribution in [-0.2, 0) is 13.0 Å². The molecule has 2 aromatic rings. The first kappa shape index (κ1) is 12.5. The number of aryl methyl sites for hydroxylation is 2. The number of rotatable bonds is 4. The predicted molar refractivity (Wildman–Crippen MR) is 75.5 cm³/mol. The van der Waals surface area contributed by atoms with Gasteiger partial charge in [0.25, 0.3) is 0 Å². The third-order valence-electron chi connectivity index (χ3n) is 2.32. The Morgan fingerprint density at radius 2 is 2.06 bits per heavy atom. The van der Waals surface area contributed by atoms with Crippen molar-refractivity contribution in [1.29, 1.82) is 0 Å². The molecule has 90 valence electrons. The zero-order valence-electron chi connectivity index (χ0n) is 9.83. The van der Waals surface area contributed by atoms with Crippen molar-refractivity contribution >= 4 is 33.1 Å². The molecule has 0 aromatic carbocycles. The van der Waals surface area contributed by atoms with Crippen LogP contribution in [0.25, 0.3) is 0 Å². The molecule has 2 rings (SSSR count). The number of halogens is 1. The van der Waals surface area contributed by atoms with Gasteiger partial charge < -0.3 is 5.32 Å². The molecule has 5 heteroatoms. The molecule has 0 aliphatic rings. The number of aromatic nitrogens is 2. The zero-order chi connectivity index (χ0) is 12.3. The lowest BCUT2D eigenvalue weighted by Crippen LogP contribution is -2.01. The summed E-state index contributed by atoms with van der Waals surface area (Å²) < 4.78 is 0.813. The lowest BCUT2D eigenvalue weighted by Gasteiger charge is -2.05. The van der Waals surface area contributed by atoms with Gasteiger partial charge in [0.2, 0.25) is 0 Å². The largest absolute Gasteiger partial charge is 0.365 e. The topological polar surface area (TPSA) is 37.8 Å². The lowest BCUT2D eigenvalue weighted by molar-refractivity contribution is 1.01. The van der Waals surface area contributed by atoms with Crippen molar-refractivity contribution in [3.63, 3.8) is 0 Å². The van der Waals surface area contributed by atoms with Gasteiger partial charge in [-0.05, 0) is 41.4 Å². The minimum atomic E-state index is 0.766. The maximum Gasteiger partial charge on any atom is 0.131 e. The second-order valence-corrected chi connectivity index (χ2v) is 5.76. The molecule has 2 heterocycles. The summed E-state index contributed by atoms with van der Waals surface area (Å²) in [5.41, 5.74) is 0. The Hall–Kier alpha value is -0.940. The van der Waals surface area contributed by atoms with Crippen molar-refractivity contribution in [2.45, 2.75) is 26.8 Å². The highest BCUT2D eigenvalue weighted by atomic mass is 79.9. The summed E-state index contributed by atoms with van der Waals surface area (Å²) in [6.45, 7) is 4.87. The molecule has 2 aromatic heterocycles. The van der Waals surface area contributed by atoms with Crippen molar-refractivity contribution in [2.24, 2.45) is 0 Å². The lowest BCUT2D eigenvalue weighted by atomic mass is 10.3. The highest BCUT2D eigenvalue weighted by Crippen LogP contribution is 2.19. The molecule has 3 nitrogen and oxygen atoms in total. The van der Waals surface area contributed by atoms with Crippen LogP contribution in [0.1, 0.15) is 22.5 Å². The fourth-order valence-electron chi connectivity index (χ4n) is 1.51. The van der Waals surface area contributed by atoms with Gasteiger partial charge in [0.15, 0.2) is 0 Å². The molecule has 0 fully saturated rings. The van der Waals surface area contributed by atoms with Crippen LogP contribution in [0.4, 0.5) is 5.82 Å². The molecule has 0 unspecified atom stereocenters. The summed E-state index contributed by atoms with van der Waals surface area (Å²) in [5.74, 6) is 1.62. The standard InChI is InChI=1S/C12H14BrN3S/c1-3-9-4-5-10(17-9)7-14-12-6-11(13)15-8(2)16-12/h4-6H,3,7H2,1-2H3,(H,14,15,16). The van der Waals surface area contributed by atoms with Gasteiger partial charge in [-0.3, -0.25) is 0 Å². The zero-order valence-corrected chi connectivity index (χ0v) is 12.2. The Labute approximate surface area is 113 Å². The Morgan fingerprint density at radius 3 is 2.71 bits per heavy atom. The molecule has 17 heavy (non-hydrogen) atoms. The summed E-state index contributed by atoms with van der Waals surface area (Å²) in [7, 11) is 0. The number of anilines is 1. The molecule has 0 saturated carbocycles. The number of nitrogens with zero attached hydrogens (tertiary/aromatic N) is 2. The van der Waals surface area contributed by atoms with Gasteiger partial charge in [-0.2, -0.15) is 0 Å². The van der Waals surface area contributed by atoms with E-state index in [1.807, 2.05) is 24.3 Å².